The third-order valence-corrected chi connectivity index (χ3v) is 5.88. The number of aromatic nitrogens is 4. The number of carbonyl (C=O) groups is 2. The van der Waals surface area contributed by atoms with Crippen LogP contribution in [0, 0.1) is 17.2 Å². The maximum Gasteiger partial charge on any atom is 0.420 e. The van der Waals surface area contributed by atoms with Crippen molar-refractivity contribution in [2.75, 3.05) is 18.1 Å². The Bertz CT molecular complexity index is 1270. The Morgan fingerprint density at radius 3 is 2.62 bits per heavy atom. The van der Waals surface area contributed by atoms with Crippen LogP contribution in [0.3, 0.4) is 0 Å². The maximum absolute atomic E-state index is 12.8. The minimum absolute atomic E-state index is 0.361. The lowest BCUT2D eigenvalue weighted by Crippen LogP contribution is -2.43. The highest BCUT2D eigenvalue weighted by molar-refractivity contribution is 6.04. The third kappa shape index (κ3) is 4.55. The number of piperidine rings is 1. The molecule has 0 unspecified atom stereocenters. The zero-order chi connectivity index (χ0) is 24.6. The van der Waals surface area contributed by atoms with Crippen LogP contribution >= 0.6 is 0 Å². The molecule has 0 aliphatic carbocycles. The number of esters is 1. The van der Waals surface area contributed by atoms with Crippen LogP contribution in [-0.4, -0.2) is 50.0 Å². The summed E-state index contributed by atoms with van der Waals surface area (Å²) in [4.78, 5) is 33.7. The van der Waals surface area contributed by atoms with Gasteiger partial charge in [0.2, 0.25) is 0 Å². The van der Waals surface area contributed by atoms with Gasteiger partial charge in [-0.25, -0.2) is 24.0 Å². The van der Waals surface area contributed by atoms with Crippen molar-refractivity contribution < 1.29 is 19.1 Å². The summed E-state index contributed by atoms with van der Waals surface area (Å²) in [5.41, 5.74) is 1.26. The average Bonchev–Trinajstić information content (AvgIpc) is 3.34. The van der Waals surface area contributed by atoms with Crippen molar-refractivity contribution >= 4 is 34.1 Å². The molecule has 0 saturated carbocycles. The first-order valence-electron chi connectivity index (χ1n) is 11.5. The Labute approximate surface area is 198 Å². The van der Waals surface area contributed by atoms with Crippen LogP contribution in [0.2, 0.25) is 0 Å². The molecule has 1 aliphatic rings. The molecule has 0 aromatic carbocycles. The van der Waals surface area contributed by atoms with E-state index in [0.717, 1.165) is 36.8 Å². The van der Waals surface area contributed by atoms with Crippen molar-refractivity contribution in [3.05, 3.63) is 24.3 Å². The predicted octanol–water partition coefficient (Wildman–Crippen LogP) is 4.05. The summed E-state index contributed by atoms with van der Waals surface area (Å²) < 4.78 is 14.4. The van der Waals surface area contributed by atoms with E-state index in [4.69, 9.17) is 19.7 Å². The smallest absolute Gasteiger partial charge is 0.420 e. The first-order valence-corrected chi connectivity index (χ1v) is 11.5. The second kappa shape index (κ2) is 8.97. The van der Waals surface area contributed by atoms with Crippen LogP contribution in [-0.2, 0) is 14.3 Å². The fraction of sp³-hybridized carbons (Fsp3) is 0.542. The van der Waals surface area contributed by atoms with Gasteiger partial charge in [-0.05, 0) is 52.5 Å². The van der Waals surface area contributed by atoms with Gasteiger partial charge in [-0.15, -0.1) is 0 Å². The van der Waals surface area contributed by atoms with Crippen molar-refractivity contribution in [2.45, 2.75) is 65.6 Å². The minimum Gasteiger partial charge on any atom is -0.455 e. The molecule has 0 amide bonds. The van der Waals surface area contributed by atoms with E-state index in [-0.39, 0.29) is 0 Å². The number of nitriles is 1. The molecule has 0 radical (unpaired) electrons. The highest BCUT2D eigenvalue weighted by Crippen LogP contribution is 2.31. The predicted molar refractivity (Wildman–Crippen MR) is 126 cm³/mol. The van der Waals surface area contributed by atoms with Gasteiger partial charge in [0.15, 0.2) is 17.6 Å². The van der Waals surface area contributed by atoms with Crippen molar-refractivity contribution in [3.63, 3.8) is 0 Å². The molecular formula is C24H30N6O4. The number of nitrogens with zero attached hydrogens (tertiary/aromatic N) is 6. The number of ether oxygens (including phenoxy) is 2. The van der Waals surface area contributed by atoms with E-state index in [1.165, 1.54) is 11.5 Å². The van der Waals surface area contributed by atoms with Gasteiger partial charge in [0, 0.05) is 38.0 Å². The van der Waals surface area contributed by atoms with Crippen LogP contribution in [0.25, 0.3) is 22.1 Å². The van der Waals surface area contributed by atoms with Crippen LogP contribution in [0.5, 0.6) is 0 Å². The van der Waals surface area contributed by atoms with Crippen LogP contribution < -0.4 is 5.01 Å². The monoisotopic (exact) mass is 466 g/mol. The highest BCUT2D eigenvalue weighted by atomic mass is 16.6. The molecule has 3 aromatic heterocycles. The topological polar surface area (TPSA) is 115 Å². The largest absolute Gasteiger partial charge is 0.455 e. The Kier molecular flexibility index (Phi) is 6.21. The fourth-order valence-electron chi connectivity index (χ4n) is 4.41. The molecule has 180 valence electrons. The second-order valence-electron chi connectivity index (χ2n) is 9.69. The van der Waals surface area contributed by atoms with Crippen molar-refractivity contribution in [1.82, 2.24) is 19.2 Å². The van der Waals surface area contributed by atoms with Gasteiger partial charge in [0.1, 0.15) is 16.6 Å². The highest BCUT2D eigenvalue weighted by Gasteiger charge is 2.29. The van der Waals surface area contributed by atoms with E-state index in [9.17, 15) is 9.59 Å². The Morgan fingerprint density at radius 1 is 1.29 bits per heavy atom. The van der Waals surface area contributed by atoms with Gasteiger partial charge in [-0.1, -0.05) is 0 Å². The molecule has 4 rings (SSSR count). The fourth-order valence-corrected chi connectivity index (χ4v) is 4.41. The molecule has 0 spiro atoms. The lowest BCUT2D eigenvalue weighted by molar-refractivity contribution is -0.146. The molecule has 0 N–H and O–H groups in total. The molecule has 10 heteroatoms. The van der Waals surface area contributed by atoms with Gasteiger partial charge in [-0.3, -0.25) is 4.79 Å². The summed E-state index contributed by atoms with van der Waals surface area (Å²) >= 11 is 0. The number of imidazole rings is 1. The molecule has 34 heavy (non-hydrogen) atoms. The van der Waals surface area contributed by atoms with E-state index in [0.29, 0.717) is 29.3 Å². The van der Waals surface area contributed by atoms with Crippen LogP contribution in [0.1, 0.15) is 65.8 Å². The molecule has 1 aliphatic heterocycles. The number of hydrogen-bond donors (Lipinski definition) is 0. The summed E-state index contributed by atoms with van der Waals surface area (Å²) in [5, 5.41) is 12.0. The van der Waals surface area contributed by atoms with Crippen molar-refractivity contribution in [1.29, 1.82) is 5.26 Å². The van der Waals surface area contributed by atoms with E-state index in [2.05, 4.69) is 16.1 Å². The van der Waals surface area contributed by atoms with E-state index < -0.39 is 23.8 Å². The van der Waals surface area contributed by atoms with E-state index in [1.54, 1.807) is 19.3 Å². The molecule has 1 saturated heterocycles. The maximum atomic E-state index is 12.8. The zero-order valence-electron chi connectivity index (χ0n) is 20.2. The average molecular weight is 467 g/mol. The van der Waals surface area contributed by atoms with Gasteiger partial charge < -0.3 is 14.5 Å². The Balaban J connectivity index is 1.84. The molecule has 0 bridgehead atoms. The Hall–Kier alpha value is -3.61. The first kappa shape index (κ1) is 23.5. The lowest BCUT2D eigenvalue weighted by atomic mass is 9.95. The second-order valence-corrected chi connectivity index (χ2v) is 9.69. The molecule has 4 heterocycles. The summed E-state index contributed by atoms with van der Waals surface area (Å²) in [6.45, 7) is 10.1. The van der Waals surface area contributed by atoms with E-state index >= 15 is 0 Å². The first-order chi connectivity index (χ1) is 16.1. The van der Waals surface area contributed by atoms with Gasteiger partial charge in [-0.2, -0.15) is 5.26 Å². The number of fused-ring (bicyclic) bond motifs is 3. The quantitative estimate of drug-likeness (QED) is 0.529. The van der Waals surface area contributed by atoms with E-state index in [1.807, 2.05) is 31.5 Å². The van der Waals surface area contributed by atoms with Gasteiger partial charge in [0.05, 0.1) is 12.3 Å². The van der Waals surface area contributed by atoms with Crippen molar-refractivity contribution in [2.24, 2.45) is 5.92 Å². The molecule has 10 nitrogen and oxygen atoms in total. The lowest BCUT2D eigenvalue weighted by Gasteiger charge is -2.35. The molecule has 1 atom stereocenters. The summed E-state index contributed by atoms with van der Waals surface area (Å²) in [5.74, 6) is 0.557. The number of hydrogen-bond acceptors (Lipinski definition) is 8. The van der Waals surface area contributed by atoms with Gasteiger partial charge >= 0.3 is 12.1 Å². The normalized spacial score (nSPS) is 15.9. The standard InChI is InChI=1S/C24H30N6O4/c1-15(33-16(2)31)21-27-19-14-26-22-18(9-13-29(22)23(32)34-24(3,4)5)20(19)30(21)28-11-7-17(6-10-25)8-12-28/h9,13-15,17H,6-8,11-12H2,1-5H3/t15-/m1/s1. The van der Waals surface area contributed by atoms with Crippen LogP contribution in [0.15, 0.2) is 18.5 Å². The third-order valence-electron chi connectivity index (χ3n) is 5.88. The summed E-state index contributed by atoms with van der Waals surface area (Å²) in [6, 6.07) is 4.10. The number of carbonyl (C=O) groups excluding carboxylic acids is 2. The van der Waals surface area contributed by atoms with Crippen molar-refractivity contribution in [3.8, 4) is 6.07 Å². The summed E-state index contributed by atoms with van der Waals surface area (Å²) in [7, 11) is 0. The van der Waals surface area contributed by atoms with Gasteiger partial charge in [0.25, 0.3) is 0 Å². The zero-order valence-corrected chi connectivity index (χ0v) is 20.2. The Morgan fingerprint density at radius 2 is 2.00 bits per heavy atom. The molecular weight excluding hydrogens is 436 g/mol. The summed E-state index contributed by atoms with van der Waals surface area (Å²) in [6.07, 6.45) is 4.49. The minimum atomic E-state index is -0.639. The number of pyridine rings is 1. The van der Waals surface area contributed by atoms with Crippen LogP contribution in [0.4, 0.5) is 4.79 Å². The molecule has 3 aromatic rings. The molecule has 1 fully saturated rings. The number of rotatable bonds is 4. The SMILES string of the molecule is CC(=O)O[C@H](C)c1nc2cnc3c(ccn3C(=O)OC(C)(C)C)c2n1N1CCC(CC#N)CC1.